The van der Waals surface area contributed by atoms with Crippen LogP contribution in [0, 0.1) is 6.92 Å². The number of benzene rings is 1. The first kappa shape index (κ1) is 11.2. The molecule has 16 heavy (non-hydrogen) atoms. The molecule has 1 aromatic rings. The summed E-state index contributed by atoms with van der Waals surface area (Å²) in [4.78, 5) is 14.4. The molecule has 0 spiro atoms. The van der Waals surface area contributed by atoms with Gasteiger partial charge in [-0.1, -0.05) is 17.7 Å². The van der Waals surface area contributed by atoms with Crippen LogP contribution in [0.5, 0.6) is 5.75 Å². The molecule has 1 aromatic carbocycles. The molecule has 0 heterocycles. The number of methoxy groups -OCH3 is 1. The third-order valence-electron chi connectivity index (χ3n) is 2.97. The van der Waals surface area contributed by atoms with Crippen molar-refractivity contribution in [3.05, 3.63) is 28.3 Å². The number of carbonyl (C=O) groups excluding carboxylic acids is 1. The second-order valence-electron chi connectivity index (χ2n) is 4.01. The molecule has 0 radical (unpaired) electrons. The summed E-state index contributed by atoms with van der Waals surface area (Å²) in [7, 11) is 1.57. The Hall–Kier alpha value is -1.31. The van der Waals surface area contributed by atoms with Crippen LogP contribution in [-0.4, -0.2) is 13.2 Å². The summed E-state index contributed by atoms with van der Waals surface area (Å²) in [6, 6.07) is 3.71. The van der Waals surface area contributed by atoms with Gasteiger partial charge in [0.2, 0.25) is 6.08 Å². The highest BCUT2D eigenvalue weighted by Crippen LogP contribution is 2.54. The van der Waals surface area contributed by atoms with Crippen LogP contribution in [-0.2, 0) is 10.3 Å². The van der Waals surface area contributed by atoms with Crippen LogP contribution in [0.15, 0.2) is 17.1 Å². The van der Waals surface area contributed by atoms with Crippen LogP contribution in [0.3, 0.4) is 0 Å². The molecule has 84 valence electrons. The maximum atomic E-state index is 10.5. The zero-order chi connectivity index (χ0) is 11.8. The van der Waals surface area contributed by atoms with Crippen molar-refractivity contribution >= 4 is 17.7 Å². The Bertz CT molecular complexity index is 474. The number of rotatable bonds is 3. The summed E-state index contributed by atoms with van der Waals surface area (Å²) in [5.41, 5.74) is 1.52. The lowest BCUT2D eigenvalue weighted by atomic mass is 9.98. The molecule has 0 amide bonds. The van der Waals surface area contributed by atoms with Gasteiger partial charge in [0.05, 0.1) is 12.1 Å². The van der Waals surface area contributed by atoms with Gasteiger partial charge in [-0.15, -0.1) is 0 Å². The van der Waals surface area contributed by atoms with Crippen LogP contribution >= 0.6 is 11.6 Å². The molecule has 0 aliphatic heterocycles. The fraction of sp³-hybridized carbons (Fsp3) is 0.417. The van der Waals surface area contributed by atoms with E-state index in [0.717, 1.165) is 24.0 Å². The van der Waals surface area contributed by atoms with Gasteiger partial charge in [-0.2, -0.15) is 4.99 Å². The molecular weight excluding hydrogens is 226 g/mol. The van der Waals surface area contributed by atoms with Crippen LogP contribution in [0.4, 0.5) is 0 Å². The molecule has 1 aliphatic rings. The summed E-state index contributed by atoms with van der Waals surface area (Å²) in [6.07, 6.45) is 3.34. The first-order valence-corrected chi connectivity index (χ1v) is 5.45. The minimum Gasteiger partial charge on any atom is -0.495 e. The fourth-order valence-electron chi connectivity index (χ4n) is 2.06. The first-order valence-electron chi connectivity index (χ1n) is 5.07. The predicted octanol–water partition coefficient (Wildman–Crippen LogP) is 2.98. The number of hydrogen-bond acceptors (Lipinski definition) is 3. The molecule has 4 heteroatoms. The summed E-state index contributed by atoms with van der Waals surface area (Å²) in [5, 5.41) is 0.551. The smallest absolute Gasteiger partial charge is 0.235 e. The Kier molecular flexibility index (Phi) is 2.75. The van der Waals surface area contributed by atoms with E-state index in [0.29, 0.717) is 10.8 Å². The Labute approximate surface area is 99.1 Å². The minimum atomic E-state index is -0.442. The lowest BCUT2D eigenvalue weighted by molar-refractivity contribution is 0.404. The topological polar surface area (TPSA) is 38.7 Å². The highest BCUT2D eigenvalue weighted by atomic mass is 35.5. The van der Waals surface area contributed by atoms with Crippen LogP contribution in [0.25, 0.3) is 0 Å². The Morgan fingerprint density at radius 3 is 2.69 bits per heavy atom. The molecule has 0 bridgehead atoms. The van der Waals surface area contributed by atoms with Crippen molar-refractivity contribution in [1.82, 2.24) is 0 Å². The van der Waals surface area contributed by atoms with Crippen molar-refractivity contribution in [3.63, 3.8) is 0 Å². The van der Waals surface area contributed by atoms with E-state index in [4.69, 9.17) is 16.3 Å². The van der Waals surface area contributed by atoms with Crippen molar-refractivity contribution in [1.29, 1.82) is 0 Å². The number of ether oxygens (including phenoxy) is 1. The second-order valence-corrected chi connectivity index (χ2v) is 4.41. The Balaban J connectivity index is 2.63. The third kappa shape index (κ3) is 1.62. The van der Waals surface area contributed by atoms with E-state index in [9.17, 15) is 4.79 Å². The van der Waals surface area contributed by atoms with Gasteiger partial charge in [0, 0.05) is 5.56 Å². The van der Waals surface area contributed by atoms with Gasteiger partial charge in [-0.05, 0) is 31.4 Å². The van der Waals surface area contributed by atoms with Gasteiger partial charge in [0.15, 0.2) is 0 Å². The number of nitrogens with zero attached hydrogens (tertiary/aromatic N) is 1. The van der Waals surface area contributed by atoms with E-state index in [1.54, 1.807) is 19.3 Å². The van der Waals surface area contributed by atoms with Crippen molar-refractivity contribution in [2.24, 2.45) is 4.99 Å². The van der Waals surface area contributed by atoms with Crippen LogP contribution in [0.1, 0.15) is 24.0 Å². The molecule has 0 N–H and O–H groups in total. The summed E-state index contributed by atoms with van der Waals surface area (Å²) >= 11 is 6.07. The molecule has 0 atom stereocenters. The summed E-state index contributed by atoms with van der Waals surface area (Å²) < 4.78 is 5.31. The molecule has 1 fully saturated rings. The largest absolute Gasteiger partial charge is 0.495 e. The third-order valence-corrected chi connectivity index (χ3v) is 3.27. The highest BCUT2D eigenvalue weighted by Gasteiger charge is 2.48. The number of halogens is 1. The Morgan fingerprint density at radius 2 is 2.19 bits per heavy atom. The van der Waals surface area contributed by atoms with Crippen molar-refractivity contribution < 1.29 is 9.53 Å². The molecule has 3 nitrogen and oxygen atoms in total. The van der Waals surface area contributed by atoms with Gasteiger partial charge in [-0.25, -0.2) is 4.79 Å². The van der Waals surface area contributed by atoms with Crippen LogP contribution in [0.2, 0.25) is 5.02 Å². The second kappa shape index (κ2) is 3.93. The number of aliphatic imine (C=N–C) groups is 1. The SMILES string of the molecule is COc1c(Cl)ccc(C)c1C1(N=C=O)CC1. The first-order chi connectivity index (χ1) is 7.64. The zero-order valence-corrected chi connectivity index (χ0v) is 9.97. The monoisotopic (exact) mass is 237 g/mol. The lowest BCUT2D eigenvalue weighted by Gasteiger charge is -2.17. The van der Waals surface area contributed by atoms with E-state index in [1.807, 2.05) is 13.0 Å². The van der Waals surface area contributed by atoms with E-state index in [1.165, 1.54) is 0 Å². The lowest BCUT2D eigenvalue weighted by Crippen LogP contribution is -2.08. The fourth-order valence-corrected chi connectivity index (χ4v) is 2.29. The van der Waals surface area contributed by atoms with Crippen LogP contribution < -0.4 is 4.74 Å². The highest BCUT2D eigenvalue weighted by molar-refractivity contribution is 6.32. The van der Waals surface area contributed by atoms with Gasteiger partial charge in [0.1, 0.15) is 11.3 Å². The van der Waals surface area contributed by atoms with E-state index < -0.39 is 5.54 Å². The maximum Gasteiger partial charge on any atom is 0.235 e. The molecule has 0 unspecified atom stereocenters. The van der Waals surface area contributed by atoms with Gasteiger partial charge in [0.25, 0.3) is 0 Å². The molecule has 1 aliphatic carbocycles. The molecular formula is C12H12ClNO2. The van der Waals surface area contributed by atoms with Crippen molar-refractivity contribution in [2.75, 3.05) is 7.11 Å². The molecule has 0 saturated heterocycles. The van der Waals surface area contributed by atoms with E-state index >= 15 is 0 Å². The standard InChI is InChI=1S/C12H12ClNO2/c1-8-3-4-9(13)11(16-2)10(8)12(5-6-12)14-7-15/h3-4H,5-6H2,1-2H3. The number of aryl methyl sites for hydroxylation is 1. The van der Waals surface area contributed by atoms with Crippen molar-refractivity contribution in [2.45, 2.75) is 25.3 Å². The minimum absolute atomic E-state index is 0.442. The molecule has 2 rings (SSSR count). The number of hydrogen-bond donors (Lipinski definition) is 0. The summed E-state index contributed by atoms with van der Waals surface area (Å²) in [5.74, 6) is 0.623. The average Bonchev–Trinajstić information content (AvgIpc) is 3.02. The quantitative estimate of drug-likeness (QED) is 0.599. The van der Waals surface area contributed by atoms with Crippen molar-refractivity contribution in [3.8, 4) is 5.75 Å². The summed E-state index contributed by atoms with van der Waals surface area (Å²) in [6.45, 7) is 1.97. The van der Waals surface area contributed by atoms with Gasteiger partial charge < -0.3 is 4.74 Å². The van der Waals surface area contributed by atoms with E-state index in [2.05, 4.69) is 4.99 Å². The molecule has 0 aromatic heterocycles. The average molecular weight is 238 g/mol. The normalized spacial score (nSPS) is 16.4. The zero-order valence-electron chi connectivity index (χ0n) is 9.21. The number of isocyanates is 1. The molecule has 1 saturated carbocycles. The maximum absolute atomic E-state index is 10.5. The van der Waals surface area contributed by atoms with E-state index in [-0.39, 0.29) is 0 Å². The van der Waals surface area contributed by atoms with Gasteiger partial charge in [-0.3, -0.25) is 0 Å². The Morgan fingerprint density at radius 1 is 1.50 bits per heavy atom. The van der Waals surface area contributed by atoms with Gasteiger partial charge >= 0.3 is 0 Å². The predicted molar refractivity (Wildman–Crippen MR) is 61.8 cm³/mol.